The zero-order valence-electron chi connectivity index (χ0n) is 15.7. The van der Waals surface area contributed by atoms with E-state index in [1.165, 1.54) is 6.07 Å². The Bertz CT molecular complexity index is 1240. The number of carbonyl (C=O) groups excluding carboxylic acids is 1. The van der Waals surface area contributed by atoms with Crippen LogP contribution < -0.4 is 15.7 Å². The summed E-state index contributed by atoms with van der Waals surface area (Å²) in [4.78, 5) is 29.6. The van der Waals surface area contributed by atoms with Crippen LogP contribution in [0.5, 0.6) is 5.75 Å². The van der Waals surface area contributed by atoms with Gasteiger partial charge in [-0.2, -0.15) is 0 Å². The van der Waals surface area contributed by atoms with Crippen molar-refractivity contribution in [1.29, 1.82) is 0 Å². The second kappa shape index (κ2) is 7.64. The molecule has 3 aromatic rings. The summed E-state index contributed by atoms with van der Waals surface area (Å²) in [6.45, 7) is 0. The van der Waals surface area contributed by atoms with Crippen LogP contribution in [0.2, 0.25) is 0 Å². The van der Waals surface area contributed by atoms with Gasteiger partial charge in [-0.3, -0.25) is 15.0 Å². The zero-order chi connectivity index (χ0) is 22.3. The molecule has 1 heterocycles. The molecule has 6 nitrogen and oxygen atoms in total. The third-order valence-electron chi connectivity index (χ3n) is 4.63. The van der Waals surface area contributed by atoms with Crippen molar-refractivity contribution in [1.82, 2.24) is 9.66 Å². The number of fused-ring (bicyclic) bond motifs is 1. The van der Waals surface area contributed by atoms with Gasteiger partial charge in [0, 0.05) is 12.0 Å². The van der Waals surface area contributed by atoms with Crippen LogP contribution in [0.1, 0.15) is 30.1 Å². The number of alkyl halides is 3. The minimum Gasteiger partial charge on any atom is -0.406 e. The van der Waals surface area contributed by atoms with Gasteiger partial charge in [-0.1, -0.05) is 6.07 Å². The van der Waals surface area contributed by atoms with Gasteiger partial charge in [0.15, 0.2) is 11.6 Å². The van der Waals surface area contributed by atoms with Crippen molar-refractivity contribution in [3.05, 3.63) is 69.8 Å². The lowest BCUT2D eigenvalue weighted by atomic mass is 10.1. The minimum absolute atomic E-state index is 0.000227. The molecule has 1 N–H and O–H groups in total. The van der Waals surface area contributed by atoms with E-state index in [2.05, 4.69) is 15.1 Å². The Kier molecular flexibility index (Phi) is 5.11. The fourth-order valence-electron chi connectivity index (χ4n) is 3.10. The molecule has 11 heteroatoms. The molecule has 162 valence electrons. The van der Waals surface area contributed by atoms with Crippen molar-refractivity contribution in [2.24, 2.45) is 0 Å². The number of nitrogens with zero attached hydrogens (tertiary/aromatic N) is 2. The van der Waals surface area contributed by atoms with E-state index in [9.17, 15) is 31.5 Å². The summed E-state index contributed by atoms with van der Waals surface area (Å²) in [6.07, 6.45) is -3.84. The highest BCUT2D eigenvalue weighted by molar-refractivity contribution is 5.86. The van der Waals surface area contributed by atoms with Gasteiger partial charge in [0.1, 0.15) is 11.6 Å². The fraction of sp³-hybridized carbons (Fsp3) is 0.250. The number of halogens is 5. The van der Waals surface area contributed by atoms with Crippen molar-refractivity contribution in [2.75, 3.05) is 5.43 Å². The summed E-state index contributed by atoms with van der Waals surface area (Å²) in [5.41, 5.74) is 1.92. The predicted molar refractivity (Wildman–Crippen MR) is 99.1 cm³/mol. The molecule has 2 aromatic carbocycles. The Morgan fingerprint density at radius 1 is 1.13 bits per heavy atom. The number of amides is 1. The molecule has 1 fully saturated rings. The summed E-state index contributed by atoms with van der Waals surface area (Å²) in [5.74, 6) is -3.30. The Morgan fingerprint density at radius 3 is 2.52 bits per heavy atom. The topological polar surface area (TPSA) is 73.2 Å². The van der Waals surface area contributed by atoms with Crippen molar-refractivity contribution in [3.8, 4) is 5.75 Å². The van der Waals surface area contributed by atoms with Crippen LogP contribution in [0.3, 0.4) is 0 Å². The van der Waals surface area contributed by atoms with Crippen LogP contribution in [-0.2, 0) is 11.2 Å². The number of hydrogen-bond donors (Lipinski definition) is 1. The first-order valence-electron chi connectivity index (χ1n) is 9.17. The summed E-state index contributed by atoms with van der Waals surface area (Å²) in [6, 6.07) is 6.11. The number of nitrogens with one attached hydrogen (secondary N) is 1. The minimum atomic E-state index is -4.89. The first-order chi connectivity index (χ1) is 14.6. The highest BCUT2D eigenvalue weighted by Crippen LogP contribution is 2.39. The third kappa shape index (κ3) is 4.65. The van der Waals surface area contributed by atoms with Crippen molar-refractivity contribution in [3.63, 3.8) is 0 Å². The van der Waals surface area contributed by atoms with Gasteiger partial charge in [0.2, 0.25) is 5.91 Å². The summed E-state index contributed by atoms with van der Waals surface area (Å²) in [7, 11) is 0. The van der Waals surface area contributed by atoms with Crippen LogP contribution in [0.4, 0.5) is 22.0 Å². The maximum Gasteiger partial charge on any atom is 0.573 e. The summed E-state index contributed by atoms with van der Waals surface area (Å²) in [5, 5.41) is -0.0212. The molecular weight excluding hydrogens is 425 g/mol. The van der Waals surface area contributed by atoms with E-state index in [-0.39, 0.29) is 34.6 Å². The van der Waals surface area contributed by atoms with Crippen molar-refractivity contribution in [2.45, 2.75) is 31.5 Å². The predicted octanol–water partition coefficient (Wildman–Crippen LogP) is 3.76. The Hall–Kier alpha value is -3.50. The summed E-state index contributed by atoms with van der Waals surface area (Å²) < 4.78 is 68.6. The van der Waals surface area contributed by atoms with Gasteiger partial charge in [-0.25, -0.2) is 18.4 Å². The largest absolute Gasteiger partial charge is 0.573 e. The number of rotatable bonds is 5. The number of ether oxygens (including phenoxy) is 1. The molecule has 0 radical (unpaired) electrons. The van der Waals surface area contributed by atoms with E-state index in [1.807, 2.05) is 0 Å². The molecule has 1 saturated carbocycles. The third-order valence-corrected chi connectivity index (χ3v) is 4.63. The standard InChI is InChI=1S/C20H14F5N3O3/c21-14-6-1-10(7-15(14)22)8-17(29)27-28-18(11-2-3-11)26-16-9-12(31-20(23,24)25)4-5-13(16)19(28)30/h1,4-7,9,11H,2-3,8H2,(H,27,29). The number of benzene rings is 2. The van der Waals surface area contributed by atoms with E-state index < -0.39 is 35.2 Å². The first-order valence-corrected chi connectivity index (χ1v) is 9.17. The van der Waals surface area contributed by atoms with Gasteiger partial charge in [-0.15, -0.1) is 13.2 Å². The Balaban J connectivity index is 1.66. The van der Waals surface area contributed by atoms with E-state index in [0.717, 1.165) is 35.0 Å². The first kappa shape index (κ1) is 20.8. The molecule has 1 aliphatic rings. The second-order valence-corrected chi connectivity index (χ2v) is 7.07. The van der Waals surface area contributed by atoms with Crippen LogP contribution in [0, 0.1) is 11.6 Å². The lowest BCUT2D eigenvalue weighted by Gasteiger charge is -2.15. The highest BCUT2D eigenvalue weighted by atomic mass is 19.4. The quantitative estimate of drug-likeness (QED) is 0.615. The molecule has 0 bridgehead atoms. The van der Waals surface area contributed by atoms with Crippen LogP contribution >= 0.6 is 0 Å². The molecule has 1 aliphatic carbocycles. The molecule has 0 unspecified atom stereocenters. The molecule has 0 saturated heterocycles. The second-order valence-electron chi connectivity index (χ2n) is 7.07. The van der Waals surface area contributed by atoms with Gasteiger partial charge >= 0.3 is 6.36 Å². The number of aromatic nitrogens is 2. The van der Waals surface area contributed by atoms with E-state index >= 15 is 0 Å². The molecule has 1 amide bonds. The lowest BCUT2D eigenvalue weighted by molar-refractivity contribution is -0.274. The monoisotopic (exact) mass is 439 g/mol. The average molecular weight is 439 g/mol. The highest BCUT2D eigenvalue weighted by Gasteiger charge is 2.32. The van der Waals surface area contributed by atoms with Crippen molar-refractivity contribution < 1.29 is 31.5 Å². The van der Waals surface area contributed by atoms with Gasteiger partial charge in [0.05, 0.1) is 17.3 Å². The number of carbonyl (C=O) groups is 1. The normalized spacial score (nSPS) is 14.0. The molecular formula is C20H14F5N3O3. The van der Waals surface area contributed by atoms with E-state index in [4.69, 9.17) is 0 Å². The van der Waals surface area contributed by atoms with E-state index in [1.54, 1.807) is 0 Å². The lowest BCUT2D eigenvalue weighted by Crippen LogP contribution is -2.37. The maximum absolute atomic E-state index is 13.4. The molecule has 0 atom stereocenters. The van der Waals surface area contributed by atoms with Gasteiger partial charge < -0.3 is 4.74 Å². The smallest absolute Gasteiger partial charge is 0.406 e. The van der Waals surface area contributed by atoms with Crippen LogP contribution in [0.25, 0.3) is 10.9 Å². The fourth-order valence-corrected chi connectivity index (χ4v) is 3.10. The number of hydrogen-bond acceptors (Lipinski definition) is 4. The Labute approximate surface area is 171 Å². The van der Waals surface area contributed by atoms with Crippen LogP contribution in [-0.4, -0.2) is 21.9 Å². The van der Waals surface area contributed by atoms with Crippen molar-refractivity contribution >= 4 is 16.8 Å². The van der Waals surface area contributed by atoms with E-state index in [0.29, 0.717) is 12.8 Å². The summed E-state index contributed by atoms with van der Waals surface area (Å²) >= 11 is 0. The van der Waals surface area contributed by atoms with Gasteiger partial charge in [-0.05, 0) is 42.7 Å². The zero-order valence-corrected chi connectivity index (χ0v) is 15.7. The molecule has 0 aliphatic heterocycles. The van der Waals surface area contributed by atoms with Crippen LogP contribution in [0.15, 0.2) is 41.2 Å². The molecule has 0 spiro atoms. The molecule has 31 heavy (non-hydrogen) atoms. The Morgan fingerprint density at radius 2 is 1.87 bits per heavy atom. The maximum atomic E-state index is 13.4. The SMILES string of the molecule is O=C(Cc1ccc(F)c(F)c1)Nn1c(C2CC2)nc2cc(OC(F)(F)F)ccc2c1=O. The average Bonchev–Trinajstić information content (AvgIpc) is 3.50. The molecule has 1 aromatic heterocycles. The molecule has 4 rings (SSSR count). The van der Waals surface area contributed by atoms with Gasteiger partial charge in [0.25, 0.3) is 5.56 Å².